The number of hydrogen-bond donors (Lipinski definition) is 0. The molecule has 1 aromatic carbocycles. The summed E-state index contributed by atoms with van der Waals surface area (Å²) in [7, 11) is 1.42. The van der Waals surface area contributed by atoms with E-state index in [1.165, 1.54) is 12.7 Å². The zero-order chi connectivity index (χ0) is 12.3. The Hall–Kier alpha value is -0.830. The number of hydrogen-bond acceptors (Lipinski definition) is 2. The molecule has 0 fully saturated rings. The lowest BCUT2D eigenvalue weighted by molar-refractivity contribution is -0.146. The molecule has 1 rings (SSSR count). The van der Waals surface area contributed by atoms with Crippen molar-refractivity contribution < 1.29 is 9.53 Å². The third-order valence-corrected chi connectivity index (χ3v) is 3.59. The van der Waals surface area contributed by atoms with E-state index in [0.717, 1.165) is 16.5 Å². The molecule has 0 heterocycles. The van der Waals surface area contributed by atoms with Crippen molar-refractivity contribution in [1.29, 1.82) is 0 Å². The van der Waals surface area contributed by atoms with Crippen LogP contribution in [0.1, 0.15) is 31.9 Å². The van der Waals surface area contributed by atoms with Gasteiger partial charge in [-0.3, -0.25) is 4.79 Å². The molecule has 0 bridgehead atoms. The first-order chi connectivity index (χ1) is 7.43. The zero-order valence-electron chi connectivity index (χ0n) is 10.1. The van der Waals surface area contributed by atoms with Gasteiger partial charge in [0, 0.05) is 4.47 Å². The summed E-state index contributed by atoms with van der Waals surface area (Å²) in [6.45, 7) is 5.84. The highest BCUT2D eigenvalue weighted by Gasteiger charge is 2.31. The summed E-state index contributed by atoms with van der Waals surface area (Å²) in [6, 6.07) is 6.03. The van der Waals surface area contributed by atoms with Crippen LogP contribution >= 0.6 is 15.9 Å². The van der Waals surface area contributed by atoms with Gasteiger partial charge < -0.3 is 4.74 Å². The molecule has 0 spiro atoms. The van der Waals surface area contributed by atoms with Gasteiger partial charge in [-0.25, -0.2) is 0 Å². The van der Waals surface area contributed by atoms with E-state index in [1.54, 1.807) is 0 Å². The number of ether oxygens (including phenoxy) is 1. The second kappa shape index (κ2) is 5.00. The van der Waals surface area contributed by atoms with Crippen LogP contribution in [0.5, 0.6) is 0 Å². The molecular formula is C13H17BrO2. The van der Waals surface area contributed by atoms with Crippen molar-refractivity contribution in [3.8, 4) is 0 Å². The summed E-state index contributed by atoms with van der Waals surface area (Å²) in [5.74, 6) is -0.219. The van der Waals surface area contributed by atoms with Crippen LogP contribution in [0.15, 0.2) is 22.7 Å². The zero-order valence-corrected chi connectivity index (χ0v) is 11.7. The fourth-order valence-electron chi connectivity index (χ4n) is 1.60. The van der Waals surface area contributed by atoms with Gasteiger partial charge in [-0.1, -0.05) is 35.0 Å². The Bertz CT molecular complexity index is 397. The quantitative estimate of drug-likeness (QED) is 0.795. The fraction of sp³-hybridized carbons (Fsp3) is 0.462. The Morgan fingerprint density at radius 1 is 1.44 bits per heavy atom. The lowest BCUT2D eigenvalue weighted by Crippen LogP contribution is -2.30. The predicted octanol–water partition coefficient (Wildman–Crippen LogP) is 3.46. The molecule has 1 aromatic rings. The maximum atomic E-state index is 11.7. The van der Waals surface area contributed by atoms with Gasteiger partial charge >= 0.3 is 5.97 Å². The molecule has 0 radical (unpaired) electrons. The number of esters is 1. The minimum absolute atomic E-state index is 0.219. The van der Waals surface area contributed by atoms with E-state index in [9.17, 15) is 4.79 Å². The summed E-state index contributed by atoms with van der Waals surface area (Å²) in [5.41, 5.74) is 1.59. The molecule has 0 amide bonds. The SMILES string of the molecule is CCc1ccc(C(C)(C)C(=O)OC)cc1Br. The summed E-state index contributed by atoms with van der Waals surface area (Å²) >= 11 is 3.52. The molecule has 16 heavy (non-hydrogen) atoms. The first-order valence-corrected chi connectivity index (χ1v) is 6.10. The number of carbonyl (C=O) groups excluding carboxylic acids is 1. The normalized spacial score (nSPS) is 11.3. The number of carbonyl (C=O) groups is 1. The molecular weight excluding hydrogens is 268 g/mol. The molecule has 0 aromatic heterocycles. The summed E-state index contributed by atoms with van der Waals surface area (Å²) in [5, 5.41) is 0. The average Bonchev–Trinajstić information content (AvgIpc) is 2.27. The van der Waals surface area contributed by atoms with E-state index in [4.69, 9.17) is 4.74 Å². The molecule has 0 saturated heterocycles. The highest BCUT2D eigenvalue weighted by Crippen LogP contribution is 2.29. The summed E-state index contributed by atoms with van der Waals surface area (Å²) < 4.78 is 5.86. The molecule has 0 unspecified atom stereocenters. The first kappa shape index (κ1) is 13.2. The van der Waals surface area contributed by atoms with E-state index in [1.807, 2.05) is 32.0 Å². The Balaban J connectivity index is 3.14. The smallest absolute Gasteiger partial charge is 0.315 e. The largest absolute Gasteiger partial charge is 0.468 e. The van der Waals surface area contributed by atoms with Crippen LogP contribution in [0.2, 0.25) is 0 Å². The van der Waals surface area contributed by atoms with E-state index >= 15 is 0 Å². The minimum atomic E-state index is -0.608. The minimum Gasteiger partial charge on any atom is -0.468 e. The van der Waals surface area contributed by atoms with Gasteiger partial charge in [-0.15, -0.1) is 0 Å². The maximum absolute atomic E-state index is 11.7. The van der Waals surface area contributed by atoms with Crippen molar-refractivity contribution >= 4 is 21.9 Å². The van der Waals surface area contributed by atoms with Gasteiger partial charge in [0.15, 0.2) is 0 Å². The number of rotatable bonds is 3. The molecule has 0 aliphatic heterocycles. The molecule has 3 heteroatoms. The van der Waals surface area contributed by atoms with Gasteiger partial charge in [0.05, 0.1) is 12.5 Å². The van der Waals surface area contributed by atoms with Crippen molar-refractivity contribution in [2.45, 2.75) is 32.6 Å². The van der Waals surface area contributed by atoms with Crippen molar-refractivity contribution in [3.05, 3.63) is 33.8 Å². The van der Waals surface area contributed by atoms with Crippen molar-refractivity contribution in [1.82, 2.24) is 0 Å². The number of aryl methyl sites for hydroxylation is 1. The standard InChI is InChI=1S/C13H17BrO2/c1-5-9-6-7-10(8-11(9)14)13(2,3)12(15)16-4/h6-8H,5H2,1-4H3. The van der Waals surface area contributed by atoms with E-state index in [2.05, 4.69) is 22.9 Å². The molecule has 0 N–H and O–H groups in total. The highest BCUT2D eigenvalue weighted by atomic mass is 79.9. The van der Waals surface area contributed by atoms with E-state index in [-0.39, 0.29) is 5.97 Å². The predicted molar refractivity (Wildman–Crippen MR) is 68.6 cm³/mol. The van der Waals surface area contributed by atoms with Crippen LogP contribution in [0.4, 0.5) is 0 Å². The van der Waals surface area contributed by atoms with Crippen molar-refractivity contribution in [2.75, 3.05) is 7.11 Å². The lowest BCUT2D eigenvalue weighted by Gasteiger charge is -2.22. The lowest BCUT2D eigenvalue weighted by atomic mass is 9.84. The van der Waals surface area contributed by atoms with Gasteiger partial charge in [-0.2, -0.15) is 0 Å². The topological polar surface area (TPSA) is 26.3 Å². The number of halogens is 1. The molecule has 88 valence electrons. The molecule has 0 aliphatic rings. The molecule has 0 aliphatic carbocycles. The molecule has 0 saturated carbocycles. The van der Waals surface area contributed by atoms with Crippen LogP contribution < -0.4 is 0 Å². The Kier molecular flexibility index (Phi) is 4.14. The van der Waals surface area contributed by atoms with Gasteiger partial charge in [-0.05, 0) is 37.5 Å². The number of benzene rings is 1. The summed E-state index contributed by atoms with van der Waals surface area (Å²) in [6.07, 6.45) is 0.972. The van der Waals surface area contributed by atoms with E-state index < -0.39 is 5.41 Å². The van der Waals surface area contributed by atoms with Gasteiger partial charge in [0.1, 0.15) is 0 Å². The maximum Gasteiger partial charge on any atom is 0.315 e. The Morgan fingerprint density at radius 2 is 2.06 bits per heavy atom. The fourth-order valence-corrected chi connectivity index (χ4v) is 2.25. The number of methoxy groups -OCH3 is 1. The second-order valence-electron chi connectivity index (χ2n) is 4.28. The molecule has 0 atom stereocenters. The average molecular weight is 285 g/mol. The van der Waals surface area contributed by atoms with Crippen LogP contribution in [0.3, 0.4) is 0 Å². The summed E-state index contributed by atoms with van der Waals surface area (Å²) in [4.78, 5) is 11.7. The van der Waals surface area contributed by atoms with Crippen molar-refractivity contribution in [2.24, 2.45) is 0 Å². The van der Waals surface area contributed by atoms with Gasteiger partial charge in [0.25, 0.3) is 0 Å². The van der Waals surface area contributed by atoms with Crippen LogP contribution in [-0.4, -0.2) is 13.1 Å². The monoisotopic (exact) mass is 284 g/mol. The van der Waals surface area contributed by atoms with Gasteiger partial charge in [0.2, 0.25) is 0 Å². The third kappa shape index (κ3) is 2.46. The third-order valence-electron chi connectivity index (χ3n) is 2.85. The van der Waals surface area contributed by atoms with Crippen LogP contribution in [0.25, 0.3) is 0 Å². The first-order valence-electron chi connectivity index (χ1n) is 5.30. The highest BCUT2D eigenvalue weighted by molar-refractivity contribution is 9.10. The Morgan fingerprint density at radius 3 is 2.50 bits per heavy atom. The Labute approximate surface area is 105 Å². The van der Waals surface area contributed by atoms with E-state index in [0.29, 0.717) is 0 Å². The molecule has 2 nitrogen and oxygen atoms in total. The second-order valence-corrected chi connectivity index (χ2v) is 5.13. The van der Waals surface area contributed by atoms with Crippen molar-refractivity contribution in [3.63, 3.8) is 0 Å². The van der Waals surface area contributed by atoms with Crippen LogP contribution in [0, 0.1) is 0 Å². The van der Waals surface area contributed by atoms with Crippen LogP contribution in [-0.2, 0) is 21.4 Å².